The summed E-state index contributed by atoms with van der Waals surface area (Å²) in [5.41, 5.74) is 0.555. The smallest absolute Gasteiger partial charge is 0.545 e. The van der Waals surface area contributed by atoms with E-state index in [-0.39, 0.29) is 40.7 Å². The van der Waals surface area contributed by atoms with Gasteiger partial charge in [-0.1, -0.05) is 24.3 Å². The molecule has 0 aromatic heterocycles. The average Bonchev–Trinajstić information content (AvgIpc) is 2.77. The maximum Gasteiger partial charge on any atom is 1.00 e. The molecule has 0 radical (unpaired) electrons. The second-order valence-corrected chi connectivity index (χ2v) is 8.19. The number of aliphatic carboxylic acids is 1. The Morgan fingerprint density at radius 2 is 1.53 bits per heavy atom. The molecular formula is C26H27NaO7. The van der Waals surface area contributed by atoms with Gasteiger partial charge in [0, 0.05) is 5.57 Å². The van der Waals surface area contributed by atoms with Gasteiger partial charge in [-0.25, -0.2) is 9.59 Å². The molecule has 2 aromatic rings. The molecule has 0 heterocycles. The molecule has 7 nitrogen and oxygen atoms in total. The van der Waals surface area contributed by atoms with Crippen molar-refractivity contribution in [2.24, 2.45) is 0 Å². The first-order valence-corrected chi connectivity index (χ1v) is 10.2. The molecular weight excluding hydrogens is 447 g/mol. The van der Waals surface area contributed by atoms with Crippen molar-refractivity contribution < 1.29 is 63.3 Å². The quantitative estimate of drug-likeness (QED) is 0.248. The molecule has 0 saturated carbocycles. The van der Waals surface area contributed by atoms with E-state index in [4.69, 9.17) is 14.2 Å². The van der Waals surface area contributed by atoms with E-state index in [1.807, 2.05) is 0 Å². The summed E-state index contributed by atoms with van der Waals surface area (Å²) in [5, 5.41) is 12.0. The molecule has 0 unspecified atom stereocenters. The van der Waals surface area contributed by atoms with Crippen molar-refractivity contribution in [3.8, 4) is 5.75 Å². The van der Waals surface area contributed by atoms with Crippen LogP contribution in [0.5, 0.6) is 5.75 Å². The Morgan fingerprint density at radius 3 is 2.03 bits per heavy atom. The number of benzene rings is 2. The third-order valence-corrected chi connectivity index (χ3v) is 4.61. The monoisotopic (exact) mass is 474 g/mol. The minimum atomic E-state index is -1.54. The van der Waals surface area contributed by atoms with Gasteiger partial charge in [-0.2, -0.15) is 0 Å². The zero-order valence-electron chi connectivity index (χ0n) is 20.6. The second-order valence-electron chi connectivity index (χ2n) is 8.19. The Kier molecular flexibility index (Phi) is 10.8. The minimum absolute atomic E-state index is 0. The fraction of sp³-hybridized carbons (Fsp3) is 0.269. The van der Waals surface area contributed by atoms with Crippen molar-refractivity contribution in [2.45, 2.75) is 33.3 Å². The first-order chi connectivity index (χ1) is 15.5. The van der Waals surface area contributed by atoms with Crippen molar-refractivity contribution in [1.82, 2.24) is 0 Å². The fourth-order valence-corrected chi connectivity index (χ4v) is 3.04. The van der Waals surface area contributed by atoms with Gasteiger partial charge >= 0.3 is 41.5 Å². The summed E-state index contributed by atoms with van der Waals surface area (Å²) >= 11 is 0. The minimum Gasteiger partial charge on any atom is -0.545 e. The molecule has 0 N–H and O–H groups in total. The summed E-state index contributed by atoms with van der Waals surface area (Å²) in [6.07, 6.45) is 1.32. The molecule has 174 valence electrons. The van der Waals surface area contributed by atoms with Gasteiger partial charge in [-0.05, 0) is 74.7 Å². The van der Waals surface area contributed by atoms with E-state index in [0.29, 0.717) is 28.0 Å². The zero-order valence-corrected chi connectivity index (χ0v) is 22.6. The van der Waals surface area contributed by atoms with E-state index in [0.717, 1.165) is 0 Å². The van der Waals surface area contributed by atoms with E-state index in [1.165, 1.54) is 20.3 Å². The van der Waals surface area contributed by atoms with Crippen molar-refractivity contribution in [3.63, 3.8) is 0 Å². The van der Waals surface area contributed by atoms with Crippen LogP contribution in [0, 0.1) is 0 Å². The Hall–Kier alpha value is -2.87. The Labute approximate surface area is 221 Å². The van der Waals surface area contributed by atoms with Crippen LogP contribution < -0.4 is 39.4 Å². The standard InChI is InChI=1S/C26H28O7.Na/c1-16(18-10-12-19(13-11-18)24(29)33-26(2,3)4)22(25(30)32-6)21(23(27)28)15-17-8-7-9-20(14-17)31-5;/h7-15H,1-6H3,(H,27,28);/q;+1/p-1/b21-15+,22-16-;. The summed E-state index contributed by atoms with van der Waals surface area (Å²) in [4.78, 5) is 36.9. The molecule has 8 heteroatoms. The predicted molar refractivity (Wildman–Crippen MR) is 122 cm³/mol. The summed E-state index contributed by atoms with van der Waals surface area (Å²) in [5.74, 6) is -2.33. The van der Waals surface area contributed by atoms with Gasteiger partial charge in [0.05, 0.1) is 31.3 Å². The molecule has 0 aliphatic rings. The molecule has 0 fully saturated rings. The Morgan fingerprint density at radius 1 is 0.941 bits per heavy atom. The van der Waals surface area contributed by atoms with Crippen molar-refractivity contribution in [1.29, 1.82) is 0 Å². The van der Waals surface area contributed by atoms with Crippen LogP contribution in [-0.2, 0) is 19.1 Å². The largest absolute Gasteiger partial charge is 1.00 e. The molecule has 2 aromatic carbocycles. The first-order valence-electron chi connectivity index (χ1n) is 10.2. The number of carbonyl (C=O) groups excluding carboxylic acids is 3. The van der Waals surface area contributed by atoms with Crippen molar-refractivity contribution in [2.75, 3.05) is 14.2 Å². The zero-order chi connectivity index (χ0) is 24.8. The number of hydrogen-bond acceptors (Lipinski definition) is 7. The molecule has 0 aliphatic heterocycles. The van der Waals surface area contributed by atoms with Gasteiger partial charge in [-0.3, -0.25) is 0 Å². The van der Waals surface area contributed by atoms with Crippen LogP contribution in [0.15, 0.2) is 59.7 Å². The SMILES string of the molecule is COC(=O)C(=C(/C)c1ccc(C(=O)OC(C)(C)C)cc1)/C(=C\c1cccc(OC)c1)C(=O)[O-].[Na+]. The van der Waals surface area contributed by atoms with Crippen LogP contribution >= 0.6 is 0 Å². The third kappa shape index (κ3) is 7.87. The van der Waals surface area contributed by atoms with Gasteiger partial charge in [0.15, 0.2) is 0 Å². The molecule has 0 bridgehead atoms. The van der Waals surface area contributed by atoms with Crippen LogP contribution in [0.4, 0.5) is 0 Å². The Bertz CT molecular complexity index is 1110. The average molecular weight is 474 g/mol. The van der Waals surface area contributed by atoms with E-state index in [1.54, 1.807) is 76.2 Å². The number of carbonyl (C=O) groups is 3. The number of esters is 2. The maximum absolute atomic E-state index is 12.6. The van der Waals surface area contributed by atoms with Crippen LogP contribution in [-0.4, -0.2) is 37.7 Å². The number of allylic oxidation sites excluding steroid dienone is 1. The second kappa shape index (κ2) is 12.6. The van der Waals surface area contributed by atoms with Gasteiger partial charge in [0.1, 0.15) is 11.4 Å². The van der Waals surface area contributed by atoms with Crippen LogP contribution in [0.3, 0.4) is 0 Å². The summed E-state index contributed by atoms with van der Waals surface area (Å²) in [6, 6.07) is 13.0. The number of rotatable bonds is 7. The number of methoxy groups -OCH3 is 2. The van der Waals surface area contributed by atoms with Crippen LogP contribution in [0.1, 0.15) is 49.2 Å². The van der Waals surface area contributed by atoms with E-state index >= 15 is 0 Å². The number of carboxylic acid groups (broad SMARTS) is 1. The van der Waals surface area contributed by atoms with Gasteiger partial charge < -0.3 is 24.1 Å². The summed E-state index contributed by atoms with van der Waals surface area (Å²) in [6.45, 7) is 6.90. The van der Waals surface area contributed by atoms with E-state index in [2.05, 4.69) is 0 Å². The van der Waals surface area contributed by atoms with E-state index < -0.39 is 23.5 Å². The normalized spacial score (nSPS) is 12.1. The molecule has 34 heavy (non-hydrogen) atoms. The molecule has 0 saturated heterocycles. The van der Waals surface area contributed by atoms with Gasteiger partial charge in [0.2, 0.25) is 0 Å². The molecule has 0 amide bonds. The van der Waals surface area contributed by atoms with Crippen molar-refractivity contribution >= 4 is 29.6 Å². The number of carboxylic acids is 1. The van der Waals surface area contributed by atoms with Gasteiger partial charge in [-0.15, -0.1) is 0 Å². The maximum atomic E-state index is 12.6. The summed E-state index contributed by atoms with van der Waals surface area (Å²) in [7, 11) is 2.66. The fourth-order valence-electron chi connectivity index (χ4n) is 3.04. The Balaban J connectivity index is 0.00000578. The summed E-state index contributed by atoms with van der Waals surface area (Å²) < 4.78 is 15.4. The van der Waals surface area contributed by atoms with Crippen LogP contribution in [0.25, 0.3) is 11.6 Å². The predicted octanol–water partition coefficient (Wildman–Crippen LogP) is 0.435. The van der Waals surface area contributed by atoms with E-state index in [9.17, 15) is 19.5 Å². The van der Waals surface area contributed by atoms with Crippen LogP contribution in [0.2, 0.25) is 0 Å². The topological polar surface area (TPSA) is 102 Å². The third-order valence-electron chi connectivity index (χ3n) is 4.61. The molecule has 0 spiro atoms. The number of hydrogen-bond donors (Lipinski definition) is 0. The molecule has 0 atom stereocenters. The molecule has 2 rings (SSSR count). The first kappa shape index (κ1) is 29.2. The van der Waals surface area contributed by atoms with Crippen molar-refractivity contribution in [3.05, 3.63) is 76.4 Å². The molecule has 0 aliphatic carbocycles. The van der Waals surface area contributed by atoms with Gasteiger partial charge in [0.25, 0.3) is 0 Å². The number of ether oxygens (including phenoxy) is 3.